The number of hydrogen-bond acceptors (Lipinski definition) is 3. The van der Waals surface area contributed by atoms with E-state index in [9.17, 15) is 18.0 Å². The number of carbonyl (C=O) groups is 1. The van der Waals surface area contributed by atoms with E-state index in [1.807, 2.05) is 0 Å². The molecule has 1 aromatic heterocycles. The number of ether oxygens (including phenoxy) is 2. The van der Waals surface area contributed by atoms with Crippen LogP contribution in [0.1, 0.15) is 18.9 Å². The van der Waals surface area contributed by atoms with Gasteiger partial charge < -0.3 is 14.5 Å². The molecule has 0 aliphatic rings. The first-order chi connectivity index (χ1) is 9.36. The molecule has 0 aliphatic carbocycles. The van der Waals surface area contributed by atoms with Crippen molar-refractivity contribution in [3.05, 3.63) is 23.8 Å². The number of H-pyrrole nitrogens is 1. The van der Waals surface area contributed by atoms with Gasteiger partial charge in [0.15, 0.2) is 5.75 Å². The fourth-order valence-electron chi connectivity index (χ4n) is 1.75. The van der Waals surface area contributed by atoms with Gasteiger partial charge in [-0.2, -0.15) is 13.2 Å². The van der Waals surface area contributed by atoms with Gasteiger partial charge in [0.2, 0.25) is 5.88 Å². The molecule has 0 radical (unpaired) electrons. The van der Waals surface area contributed by atoms with Gasteiger partial charge in [-0.3, -0.25) is 4.79 Å². The number of alkyl halides is 3. The summed E-state index contributed by atoms with van der Waals surface area (Å²) in [5.41, 5.74) is -0.599. The molecule has 1 heterocycles. The quantitative estimate of drug-likeness (QED) is 0.879. The van der Waals surface area contributed by atoms with Crippen molar-refractivity contribution in [1.29, 1.82) is 0 Å². The lowest BCUT2D eigenvalue weighted by Gasteiger charge is -2.06. The number of benzene rings is 1. The van der Waals surface area contributed by atoms with Crippen LogP contribution in [0, 0.1) is 0 Å². The molecule has 2 rings (SSSR count). The number of carbonyl (C=O) groups excluding carboxylic acids is 1. The molecule has 0 amide bonds. The van der Waals surface area contributed by atoms with Crippen LogP contribution in [0.15, 0.2) is 18.2 Å². The first kappa shape index (κ1) is 14.2. The molecule has 0 unspecified atom stereocenters. The van der Waals surface area contributed by atoms with Gasteiger partial charge in [0.25, 0.3) is 0 Å². The summed E-state index contributed by atoms with van der Waals surface area (Å²) < 4.78 is 48.0. The molecule has 0 saturated carbocycles. The van der Waals surface area contributed by atoms with E-state index < -0.39 is 17.7 Å². The van der Waals surface area contributed by atoms with Gasteiger partial charge in [0, 0.05) is 11.8 Å². The highest BCUT2D eigenvalue weighted by atomic mass is 19.4. The lowest BCUT2D eigenvalue weighted by atomic mass is 10.1. The fraction of sp³-hybridized carbons (Fsp3) is 0.308. The van der Waals surface area contributed by atoms with Crippen molar-refractivity contribution < 1.29 is 27.4 Å². The van der Waals surface area contributed by atoms with E-state index in [1.165, 1.54) is 13.2 Å². The molecule has 0 bridgehead atoms. The van der Waals surface area contributed by atoms with Crippen LogP contribution in [0.5, 0.6) is 11.6 Å². The molecule has 0 atom stereocenters. The predicted molar refractivity (Wildman–Crippen MR) is 65.8 cm³/mol. The number of fused-ring (bicyclic) bond motifs is 1. The Morgan fingerprint density at radius 1 is 1.35 bits per heavy atom. The van der Waals surface area contributed by atoms with E-state index in [4.69, 9.17) is 9.47 Å². The van der Waals surface area contributed by atoms with Crippen LogP contribution in [0.3, 0.4) is 0 Å². The van der Waals surface area contributed by atoms with Gasteiger partial charge in [-0.15, -0.1) is 0 Å². The van der Waals surface area contributed by atoms with E-state index in [1.54, 1.807) is 6.92 Å². The molecule has 0 fully saturated rings. The van der Waals surface area contributed by atoms with E-state index in [2.05, 4.69) is 4.98 Å². The van der Waals surface area contributed by atoms with Crippen molar-refractivity contribution in [3.63, 3.8) is 0 Å². The molecule has 108 valence electrons. The van der Waals surface area contributed by atoms with Gasteiger partial charge in [0.1, 0.15) is 0 Å². The van der Waals surface area contributed by atoms with Crippen LogP contribution in [-0.2, 0) is 11.0 Å². The monoisotopic (exact) mass is 287 g/mol. The van der Waals surface area contributed by atoms with Crippen molar-refractivity contribution in [2.45, 2.75) is 19.5 Å². The summed E-state index contributed by atoms with van der Waals surface area (Å²) in [7, 11) is 1.33. The standard InChI is InChI=1S/C13H12F3NO3/c1-3-10(18)20-11-8-5-4-7(13(14,15)16)6-9(8)17-12(11)19-2/h4-6,17H,3H2,1-2H3. The Bertz CT molecular complexity index is 646. The van der Waals surface area contributed by atoms with Crippen LogP contribution in [0.4, 0.5) is 13.2 Å². The number of rotatable bonds is 3. The van der Waals surface area contributed by atoms with E-state index in [-0.39, 0.29) is 23.6 Å². The third kappa shape index (κ3) is 2.56. The SMILES string of the molecule is CCC(=O)Oc1c(OC)[nH]c2cc(C(F)(F)F)ccc12. The summed E-state index contributed by atoms with van der Waals surface area (Å²) in [5, 5.41) is 0.358. The Hall–Kier alpha value is -2.18. The van der Waals surface area contributed by atoms with Gasteiger partial charge in [-0.05, 0) is 18.2 Å². The fourth-order valence-corrected chi connectivity index (χ4v) is 1.75. The van der Waals surface area contributed by atoms with Gasteiger partial charge in [-0.25, -0.2) is 0 Å². The van der Waals surface area contributed by atoms with Crippen LogP contribution in [0.25, 0.3) is 10.9 Å². The van der Waals surface area contributed by atoms with Crippen LogP contribution >= 0.6 is 0 Å². The molecule has 4 nitrogen and oxygen atoms in total. The molecule has 0 spiro atoms. The summed E-state index contributed by atoms with van der Waals surface area (Å²) in [6.07, 6.45) is -4.29. The maximum Gasteiger partial charge on any atom is 0.416 e. The lowest BCUT2D eigenvalue weighted by molar-refractivity contribution is -0.137. The van der Waals surface area contributed by atoms with E-state index in [0.717, 1.165) is 12.1 Å². The normalized spacial score (nSPS) is 11.7. The smallest absolute Gasteiger partial charge is 0.416 e. The third-order valence-electron chi connectivity index (χ3n) is 2.75. The Kier molecular flexibility index (Phi) is 3.61. The van der Waals surface area contributed by atoms with Crippen molar-refractivity contribution in [2.75, 3.05) is 7.11 Å². The predicted octanol–water partition coefficient (Wildman–Crippen LogP) is 3.51. The summed E-state index contributed by atoms with van der Waals surface area (Å²) >= 11 is 0. The third-order valence-corrected chi connectivity index (χ3v) is 2.75. The zero-order valence-corrected chi connectivity index (χ0v) is 10.8. The van der Waals surface area contributed by atoms with Crippen LogP contribution in [-0.4, -0.2) is 18.1 Å². The lowest BCUT2D eigenvalue weighted by Crippen LogP contribution is -2.06. The first-order valence-corrected chi connectivity index (χ1v) is 5.84. The maximum atomic E-state index is 12.6. The first-order valence-electron chi connectivity index (χ1n) is 5.84. The minimum atomic E-state index is -4.44. The highest BCUT2D eigenvalue weighted by Gasteiger charge is 2.31. The summed E-state index contributed by atoms with van der Waals surface area (Å²) in [4.78, 5) is 14.0. The average Bonchev–Trinajstić information content (AvgIpc) is 2.75. The van der Waals surface area contributed by atoms with Gasteiger partial charge >= 0.3 is 12.1 Å². The number of nitrogens with one attached hydrogen (secondary N) is 1. The molecule has 2 aromatic rings. The number of hydrogen-bond donors (Lipinski definition) is 1. The second kappa shape index (κ2) is 5.07. The summed E-state index contributed by atoms with van der Waals surface area (Å²) in [6.45, 7) is 1.62. The second-order valence-electron chi connectivity index (χ2n) is 4.07. The Morgan fingerprint density at radius 3 is 2.60 bits per heavy atom. The average molecular weight is 287 g/mol. The van der Waals surface area contributed by atoms with E-state index >= 15 is 0 Å². The number of halogens is 3. The molecular formula is C13H12F3NO3. The molecular weight excluding hydrogens is 275 g/mol. The Labute approximate surface area is 112 Å². The van der Waals surface area contributed by atoms with Gasteiger partial charge in [-0.1, -0.05) is 6.92 Å². The molecule has 7 heteroatoms. The minimum Gasteiger partial charge on any atom is -0.480 e. The molecule has 20 heavy (non-hydrogen) atoms. The summed E-state index contributed by atoms with van der Waals surface area (Å²) in [6, 6.07) is 3.12. The topological polar surface area (TPSA) is 51.3 Å². The highest BCUT2D eigenvalue weighted by Crippen LogP contribution is 2.39. The van der Waals surface area contributed by atoms with E-state index in [0.29, 0.717) is 5.39 Å². The van der Waals surface area contributed by atoms with Crippen molar-refractivity contribution >= 4 is 16.9 Å². The molecule has 1 N–H and O–H groups in total. The zero-order valence-electron chi connectivity index (χ0n) is 10.8. The maximum absolute atomic E-state index is 12.6. The largest absolute Gasteiger partial charge is 0.480 e. The van der Waals surface area contributed by atoms with Crippen molar-refractivity contribution in [1.82, 2.24) is 4.98 Å². The molecule has 0 saturated heterocycles. The Morgan fingerprint density at radius 2 is 2.05 bits per heavy atom. The number of aromatic amines is 1. The van der Waals surface area contributed by atoms with Crippen molar-refractivity contribution in [2.24, 2.45) is 0 Å². The molecule has 1 aromatic carbocycles. The van der Waals surface area contributed by atoms with Crippen molar-refractivity contribution in [3.8, 4) is 11.6 Å². The van der Waals surface area contributed by atoms with Crippen LogP contribution in [0.2, 0.25) is 0 Å². The van der Waals surface area contributed by atoms with Gasteiger partial charge in [0.05, 0.1) is 18.2 Å². The molecule has 0 aliphatic heterocycles. The second-order valence-corrected chi connectivity index (χ2v) is 4.07. The number of aromatic nitrogens is 1. The number of methoxy groups -OCH3 is 1. The summed E-state index contributed by atoms with van der Waals surface area (Å²) in [5.74, 6) is -0.284. The highest BCUT2D eigenvalue weighted by molar-refractivity contribution is 5.92. The zero-order chi connectivity index (χ0) is 14.9. The van der Waals surface area contributed by atoms with Crippen LogP contribution < -0.4 is 9.47 Å². The number of esters is 1. The minimum absolute atomic E-state index is 0.100. The Balaban J connectivity index is 2.55.